The van der Waals surface area contributed by atoms with E-state index in [4.69, 9.17) is 9.47 Å². The van der Waals surface area contributed by atoms with Crippen LogP contribution in [0.5, 0.6) is 11.5 Å². The van der Waals surface area contributed by atoms with Crippen LogP contribution in [0.1, 0.15) is 5.56 Å². The van der Waals surface area contributed by atoms with E-state index in [0.29, 0.717) is 11.5 Å². The van der Waals surface area contributed by atoms with Crippen LogP contribution in [0, 0.1) is 17.1 Å². The summed E-state index contributed by atoms with van der Waals surface area (Å²) in [5, 5.41) is 23.4. The maximum Gasteiger partial charge on any atom is 0.248 e. The Morgan fingerprint density at radius 1 is 1.30 bits per heavy atom. The minimum absolute atomic E-state index is 0.0549. The molecule has 1 aliphatic heterocycles. The quantitative estimate of drug-likeness (QED) is 0.747. The summed E-state index contributed by atoms with van der Waals surface area (Å²) in [7, 11) is 0. The molecule has 2 heterocycles. The van der Waals surface area contributed by atoms with Crippen molar-refractivity contribution in [3.63, 3.8) is 0 Å². The second kappa shape index (κ2) is 6.72. The van der Waals surface area contributed by atoms with Crippen molar-refractivity contribution < 1.29 is 18.7 Å². The lowest BCUT2D eigenvalue weighted by molar-refractivity contribution is -0.117. The van der Waals surface area contributed by atoms with Gasteiger partial charge in [0.25, 0.3) is 0 Å². The number of nitrogens with zero attached hydrogens (tertiary/aromatic N) is 5. The van der Waals surface area contributed by atoms with Crippen LogP contribution >= 0.6 is 0 Å². The maximum atomic E-state index is 13.8. The van der Waals surface area contributed by atoms with Gasteiger partial charge in [-0.05, 0) is 17.3 Å². The Bertz CT molecular complexity index is 1070. The summed E-state index contributed by atoms with van der Waals surface area (Å²) in [6.45, 7) is -0.208. The van der Waals surface area contributed by atoms with Gasteiger partial charge in [-0.25, -0.2) is 4.39 Å². The van der Waals surface area contributed by atoms with E-state index in [2.05, 4.69) is 20.7 Å². The van der Waals surface area contributed by atoms with E-state index < -0.39 is 11.7 Å². The molecule has 27 heavy (non-hydrogen) atoms. The summed E-state index contributed by atoms with van der Waals surface area (Å²) in [6.07, 6.45) is 0. The van der Waals surface area contributed by atoms with Gasteiger partial charge in [0.05, 0.1) is 16.8 Å². The smallest absolute Gasteiger partial charge is 0.248 e. The van der Waals surface area contributed by atoms with Crippen molar-refractivity contribution in [1.29, 1.82) is 5.26 Å². The number of amides is 1. The number of benzene rings is 2. The molecule has 1 amide bonds. The second-order valence-electron chi connectivity index (χ2n) is 5.53. The van der Waals surface area contributed by atoms with Crippen LogP contribution in [0.15, 0.2) is 36.4 Å². The Hall–Kier alpha value is -4.00. The zero-order chi connectivity index (χ0) is 18.8. The average Bonchev–Trinajstić information content (AvgIpc) is 3.30. The van der Waals surface area contributed by atoms with Gasteiger partial charge in [0.1, 0.15) is 18.4 Å². The zero-order valence-electron chi connectivity index (χ0n) is 13.7. The van der Waals surface area contributed by atoms with Gasteiger partial charge in [0.2, 0.25) is 18.5 Å². The lowest BCUT2D eigenvalue weighted by atomic mass is 10.1. The number of aromatic nitrogens is 4. The Kier molecular flexibility index (Phi) is 4.10. The molecule has 10 heteroatoms. The fourth-order valence-corrected chi connectivity index (χ4v) is 2.52. The third-order valence-corrected chi connectivity index (χ3v) is 3.76. The SMILES string of the molecule is N#Cc1cc2c(cc1NC(=O)Cn1nnc(-c3ccccc3F)n1)OCO2. The van der Waals surface area contributed by atoms with E-state index in [1.54, 1.807) is 12.1 Å². The van der Waals surface area contributed by atoms with Gasteiger partial charge in [-0.15, -0.1) is 10.2 Å². The number of nitriles is 1. The molecule has 2 aromatic carbocycles. The molecule has 0 aliphatic carbocycles. The Labute approximate surface area is 151 Å². The Balaban J connectivity index is 1.50. The van der Waals surface area contributed by atoms with Gasteiger partial charge in [-0.2, -0.15) is 10.1 Å². The van der Waals surface area contributed by atoms with Crippen LogP contribution in [0.4, 0.5) is 10.1 Å². The molecule has 134 valence electrons. The van der Waals surface area contributed by atoms with Crippen molar-refractivity contribution in [2.45, 2.75) is 6.54 Å². The fourth-order valence-electron chi connectivity index (χ4n) is 2.52. The molecule has 0 radical (unpaired) electrons. The van der Waals surface area contributed by atoms with Crippen LogP contribution in [-0.4, -0.2) is 32.9 Å². The number of fused-ring (bicyclic) bond motifs is 1. The summed E-state index contributed by atoms with van der Waals surface area (Å²) in [4.78, 5) is 13.3. The highest BCUT2D eigenvalue weighted by atomic mass is 19.1. The highest BCUT2D eigenvalue weighted by Crippen LogP contribution is 2.36. The molecule has 4 rings (SSSR count). The summed E-state index contributed by atoms with van der Waals surface area (Å²) in [5.41, 5.74) is 0.694. The lowest BCUT2D eigenvalue weighted by Gasteiger charge is -2.07. The van der Waals surface area contributed by atoms with Gasteiger partial charge in [-0.1, -0.05) is 12.1 Å². The largest absolute Gasteiger partial charge is 0.454 e. The summed E-state index contributed by atoms with van der Waals surface area (Å²) < 4.78 is 24.2. The Morgan fingerprint density at radius 3 is 2.85 bits per heavy atom. The number of hydrogen-bond donors (Lipinski definition) is 1. The molecule has 0 saturated carbocycles. The van der Waals surface area contributed by atoms with Crippen LogP contribution in [0.25, 0.3) is 11.4 Å². The molecular formula is C17H11FN6O3. The minimum atomic E-state index is -0.486. The van der Waals surface area contributed by atoms with Crippen molar-refractivity contribution in [2.24, 2.45) is 0 Å². The molecule has 9 nitrogen and oxygen atoms in total. The third-order valence-electron chi connectivity index (χ3n) is 3.76. The molecule has 3 aromatic rings. The molecule has 0 bridgehead atoms. The van der Waals surface area contributed by atoms with Crippen molar-refractivity contribution in [3.8, 4) is 29.0 Å². The molecule has 1 aromatic heterocycles. The lowest BCUT2D eigenvalue weighted by Crippen LogP contribution is -2.21. The number of tetrazole rings is 1. The first-order chi connectivity index (χ1) is 13.1. The molecule has 0 saturated heterocycles. The van der Waals surface area contributed by atoms with E-state index >= 15 is 0 Å². The number of nitrogens with one attached hydrogen (secondary N) is 1. The summed E-state index contributed by atoms with van der Waals surface area (Å²) >= 11 is 0. The van der Waals surface area contributed by atoms with Gasteiger partial charge in [-0.3, -0.25) is 4.79 Å². The highest BCUT2D eigenvalue weighted by Gasteiger charge is 2.19. The third kappa shape index (κ3) is 3.25. The van der Waals surface area contributed by atoms with Crippen molar-refractivity contribution in [1.82, 2.24) is 20.2 Å². The zero-order valence-corrected chi connectivity index (χ0v) is 13.7. The van der Waals surface area contributed by atoms with Gasteiger partial charge < -0.3 is 14.8 Å². The van der Waals surface area contributed by atoms with Crippen LogP contribution in [0.3, 0.4) is 0 Å². The molecule has 1 N–H and O–H groups in total. The number of carbonyl (C=O) groups excluding carboxylic acids is 1. The first kappa shape index (κ1) is 16.5. The predicted molar refractivity (Wildman–Crippen MR) is 89.1 cm³/mol. The highest BCUT2D eigenvalue weighted by molar-refractivity contribution is 5.92. The van der Waals surface area contributed by atoms with Crippen molar-refractivity contribution in [2.75, 3.05) is 12.1 Å². The number of rotatable bonds is 4. The molecule has 0 unspecified atom stereocenters. The number of halogens is 1. The van der Waals surface area contributed by atoms with Crippen molar-refractivity contribution in [3.05, 3.63) is 47.8 Å². The number of ether oxygens (including phenoxy) is 2. The van der Waals surface area contributed by atoms with Gasteiger partial charge >= 0.3 is 0 Å². The predicted octanol–water partition coefficient (Wildman–Crippen LogP) is 1.72. The van der Waals surface area contributed by atoms with E-state index in [1.807, 2.05) is 6.07 Å². The Morgan fingerprint density at radius 2 is 2.07 bits per heavy atom. The molecule has 0 fully saturated rings. The monoisotopic (exact) mass is 366 g/mol. The number of anilines is 1. The first-order valence-electron chi connectivity index (χ1n) is 7.80. The average molecular weight is 366 g/mol. The fraction of sp³-hybridized carbons (Fsp3) is 0.118. The number of hydrogen-bond acceptors (Lipinski definition) is 7. The second-order valence-corrected chi connectivity index (χ2v) is 5.53. The molecule has 0 spiro atoms. The van der Waals surface area contributed by atoms with E-state index in [0.717, 1.165) is 4.80 Å². The maximum absolute atomic E-state index is 13.8. The van der Waals surface area contributed by atoms with Gasteiger partial charge in [0, 0.05) is 12.1 Å². The molecular weight excluding hydrogens is 355 g/mol. The topological polar surface area (TPSA) is 115 Å². The van der Waals surface area contributed by atoms with Crippen molar-refractivity contribution >= 4 is 11.6 Å². The summed E-state index contributed by atoms with van der Waals surface area (Å²) in [6, 6.07) is 11.0. The molecule has 0 atom stereocenters. The minimum Gasteiger partial charge on any atom is -0.454 e. The molecule has 1 aliphatic rings. The number of carbonyl (C=O) groups is 1. The van der Waals surface area contributed by atoms with Crippen LogP contribution < -0.4 is 14.8 Å². The van der Waals surface area contributed by atoms with Crippen LogP contribution in [0.2, 0.25) is 0 Å². The normalized spacial score (nSPS) is 11.9. The van der Waals surface area contributed by atoms with Crippen LogP contribution in [-0.2, 0) is 11.3 Å². The summed E-state index contributed by atoms with van der Waals surface area (Å²) in [5.74, 6) is -0.0212. The van der Waals surface area contributed by atoms with E-state index in [1.165, 1.54) is 24.3 Å². The standard InChI is InChI=1S/C17H11FN6O3/c18-12-4-2-1-3-11(12)17-21-23-24(22-17)8-16(25)20-13-6-15-14(26-9-27-15)5-10(13)7-19/h1-6H,8-9H2,(H,20,25). The first-order valence-corrected chi connectivity index (χ1v) is 7.80. The van der Waals surface area contributed by atoms with E-state index in [-0.39, 0.29) is 36.0 Å². The van der Waals surface area contributed by atoms with Gasteiger partial charge in [0.15, 0.2) is 11.5 Å². The van der Waals surface area contributed by atoms with E-state index in [9.17, 15) is 14.4 Å².